The molecule has 1 aliphatic rings. The molecule has 0 atom stereocenters. The molecule has 2 rings (SSSR count). The molecule has 0 amide bonds. The van der Waals surface area contributed by atoms with Gasteiger partial charge in [-0.2, -0.15) is 0 Å². The Morgan fingerprint density at radius 3 is 3.00 bits per heavy atom. The van der Waals surface area contributed by atoms with Crippen LogP contribution >= 0.6 is 0 Å². The van der Waals surface area contributed by atoms with Gasteiger partial charge in [-0.05, 0) is 50.6 Å². The lowest BCUT2D eigenvalue weighted by Gasteiger charge is -2.19. The van der Waals surface area contributed by atoms with Crippen molar-refractivity contribution in [1.82, 2.24) is 5.32 Å². The molecule has 0 bridgehead atoms. The van der Waals surface area contributed by atoms with Crippen LogP contribution in [0.5, 0.6) is 0 Å². The largest absolute Gasteiger partial charge is 0.371 e. The smallest absolute Gasteiger partial charge is 0.125 e. The Morgan fingerprint density at radius 2 is 2.18 bits per heavy atom. The summed E-state index contributed by atoms with van der Waals surface area (Å²) in [6.45, 7) is 3.19. The van der Waals surface area contributed by atoms with Gasteiger partial charge in [0.1, 0.15) is 5.82 Å². The molecule has 0 spiro atoms. The van der Waals surface area contributed by atoms with Crippen molar-refractivity contribution in [3.05, 3.63) is 29.6 Å². The second-order valence-electron chi connectivity index (χ2n) is 4.67. The third-order valence-corrected chi connectivity index (χ3v) is 3.39. The topological polar surface area (TPSA) is 15.3 Å². The van der Waals surface area contributed by atoms with Crippen LogP contribution in [0.15, 0.2) is 18.2 Å². The molecule has 0 fully saturated rings. The van der Waals surface area contributed by atoms with Gasteiger partial charge in [0.2, 0.25) is 0 Å². The molecule has 94 valence electrons. The summed E-state index contributed by atoms with van der Waals surface area (Å²) in [4.78, 5) is 2.32. The number of nitrogens with zero attached hydrogens (tertiary/aromatic N) is 1. The van der Waals surface area contributed by atoms with Crippen molar-refractivity contribution < 1.29 is 4.39 Å². The van der Waals surface area contributed by atoms with Gasteiger partial charge in [-0.3, -0.25) is 0 Å². The number of benzene rings is 1. The van der Waals surface area contributed by atoms with Crippen molar-refractivity contribution in [3.8, 4) is 0 Å². The molecule has 0 saturated heterocycles. The Bertz CT molecular complexity index is 365. The van der Waals surface area contributed by atoms with Gasteiger partial charge in [0.15, 0.2) is 0 Å². The standard InChI is InChI=1S/C14H21FN2/c1-16-8-3-2-4-9-17-10-7-12-5-6-13(15)11-14(12)17/h5-6,11,16H,2-4,7-10H2,1H3. The molecule has 2 nitrogen and oxygen atoms in total. The lowest BCUT2D eigenvalue weighted by molar-refractivity contribution is 0.622. The van der Waals surface area contributed by atoms with Crippen LogP contribution in [0.3, 0.4) is 0 Å². The monoisotopic (exact) mass is 236 g/mol. The number of hydrogen-bond acceptors (Lipinski definition) is 2. The van der Waals surface area contributed by atoms with Crippen molar-refractivity contribution in [2.24, 2.45) is 0 Å². The fourth-order valence-electron chi connectivity index (χ4n) is 2.43. The Balaban J connectivity index is 1.82. The fraction of sp³-hybridized carbons (Fsp3) is 0.571. The first-order valence-corrected chi connectivity index (χ1v) is 6.49. The molecule has 1 N–H and O–H groups in total. The predicted molar refractivity (Wildman–Crippen MR) is 70.1 cm³/mol. The molecule has 1 aromatic rings. The fourth-order valence-corrected chi connectivity index (χ4v) is 2.43. The first-order valence-electron chi connectivity index (χ1n) is 6.49. The van der Waals surface area contributed by atoms with E-state index >= 15 is 0 Å². The van der Waals surface area contributed by atoms with Crippen LogP contribution in [0, 0.1) is 5.82 Å². The zero-order valence-corrected chi connectivity index (χ0v) is 10.5. The summed E-state index contributed by atoms with van der Waals surface area (Å²) in [6.07, 6.45) is 4.71. The molecular formula is C14H21FN2. The Labute approximate surface area is 103 Å². The van der Waals surface area contributed by atoms with E-state index in [4.69, 9.17) is 0 Å². The third kappa shape index (κ3) is 3.19. The van der Waals surface area contributed by atoms with Crippen LogP contribution < -0.4 is 10.2 Å². The lowest BCUT2D eigenvalue weighted by atomic mass is 10.1. The van der Waals surface area contributed by atoms with Crippen LogP contribution in [0.1, 0.15) is 24.8 Å². The van der Waals surface area contributed by atoms with Gasteiger partial charge in [0.05, 0.1) is 0 Å². The summed E-state index contributed by atoms with van der Waals surface area (Å²) in [5.74, 6) is -0.120. The van der Waals surface area contributed by atoms with Gasteiger partial charge < -0.3 is 10.2 Å². The Morgan fingerprint density at radius 1 is 1.29 bits per heavy atom. The van der Waals surface area contributed by atoms with Gasteiger partial charge >= 0.3 is 0 Å². The molecule has 1 aliphatic heterocycles. The minimum Gasteiger partial charge on any atom is -0.371 e. The number of anilines is 1. The van der Waals surface area contributed by atoms with Crippen LogP contribution in [-0.2, 0) is 6.42 Å². The summed E-state index contributed by atoms with van der Waals surface area (Å²) in [5, 5.41) is 3.16. The molecule has 0 aliphatic carbocycles. The number of halogens is 1. The van der Waals surface area contributed by atoms with E-state index < -0.39 is 0 Å². The van der Waals surface area contributed by atoms with E-state index in [1.54, 1.807) is 12.1 Å². The highest BCUT2D eigenvalue weighted by atomic mass is 19.1. The highest BCUT2D eigenvalue weighted by Gasteiger charge is 2.18. The van der Waals surface area contributed by atoms with Crippen molar-refractivity contribution in [2.45, 2.75) is 25.7 Å². The second-order valence-corrected chi connectivity index (χ2v) is 4.67. The second kappa shape index (κ2) is 6.01. The number of hydrogen-bond donors (Lipinski definition) is 1. The van der Waals surface area contributed by atoms with Gasteiger partial charge in [-0.1, -0.05) is 12.5 Å². The Kier molecular flexibility index (Phi) is 4.37. The van der Waals surface area contributed by atoms with E-state index in [-0.39, 0.29) is 5.82 Å². The van der Waals surface area contributed by atoms with E-state index in [1.165, 1.54) is 24.8 Å². The number of fused-ring (bicyclic) bond motifs is 1. The summed E-state index contributed by atoms with van der Waals surface area (Å²) in [7, 11) is 1.99. The van der Waals surface area contributed by atoms with E-state index in [1.807, 2.05) is 13.1 Å². The molecule has 17 heavy (non-hydrogen) atoms. The minimum absolute atomic E-state index is 0.120. The van der Waals surface area contributed by atoms with Gasteiger partial charge in [-0.25, -0.2) is 4.39 Å². The maximum absolute atomic E-state index is 13.2. The average molecular weight is 236 g/mol. The van der Waals surface area contributed by atoms with Crippen LogP contribution in [0.4, 0.5) is 10.1 Å². The molecule has 1 heterocycles. The summed E-state index contributed by atoms with van der Waals surface area (Å²) in [6, 6.07) is 5.16. The van der Waals surface area contributed by atoms with E-state index in [9.17, 15) is 4.39 Å². The minimum atomic E-state index is -0.120. The van der Waals surface area contributed by atoms with Gasteiger partial charge in [0.25, 0.3) is 0 Å². The van der Waals surface area contributed by atoms with E-state index in [0.717, 1.165) is 31.7 Å². The normalized spacial score (nSPS) is 14.1. The summed E-state index contributed by atoms with van der Waals surface area (Å²) in [5.41, 5.74) is 2.40. The van der Waals surface area contributed by atoms with Crippen molar-refractivity contribution in [1.29, 1.82) is 0 Å². The highest BCUT2D eigenvalue weighted by molar-refractivity contribution is 5.57. The molecule has 0 saturated carbocycles. The summed E-state index contributed by atoms with van der Waals surface area (Å²) < 4.78 is 13.2. The quantitative estimate of drug-likeness (QED) is 0.764. The van der Waals surface area contributed by atoms with Gasteiger partial charge in [-0.15, -0.1) is 0 Å². The average Bonchev–Trinajstić information content (AvgIpc) is 2.72. The SMILES string of the molecule is CNCCCCCN1CCc2ccc(F)cc21. The van der Waals surface area contributed by atoms with E-state index in [2.05, 4.69) is 10.2 Å². The maximum atomic E-state index is 13.2. The maximum Gasteiger partial charge on any atom is 0.125 e. The lowest BCUT2D eigenvalue weighted by Crippen LogP contribution is -2.22. The van der Waals surface area contributed by atoms with Crippen molar-refractivity contribution in [3.63, 3.8) is 0 Å². The number of nitrogens with one attached hydrogen (secondary N) is 1. The highest BCUT2D eigenvalue weighted by Crippen LogP contribution is 2.28. The third-order valence-electron chi connectivity index (χ3n) is 3.39. The molecular weight excluding hydrogens is 215 g/mol. The zero-order valence-electron chi connectivity index (χ0n) is 10.5. The molecule has 3 heteroatoms. The van der Waals surface area contributed by atoms with Gasteiger partial charge in [0, 0.05) is 18.8 Å². The van der Waals surface area contributed by atoms with Crippen LogP contribution in [0.25, 0.3) is 0 Å². The molecule has 0 radical (unpaired) electrons. The van der Waals surface area contributed by atoms with Crippen molar-refractivity contribution >= 4 is 5.69 Å². The molecule has 0 aromatic heterocycles. The molecule has 1 aromatic carbocycles. The predicted octanol–water partition coefficient (Wildman–Crippen LogP) is 2.58. The summed E-state index contributed by atoms with van der Waals surface area (Å²) >= 11 is 0. The van der Waals surface area contributed by atoms with Crippen LogP contribution in [-0.4, -0.2) is 26.7 Å². The van der Waals surface area contributed by atoms with E-state index in [0.29, 0.717) is 0 Å². The van der Waals surface area contributed by atoms with Crippen LogP contribution in [0.2, 0.25) is 0 Å². The Hall–Kier alpha value is -1.09. The number of rotatable bonds is 6. The first kappa shape index (κ1) is 12.4. The first-order chi connectivity index (χ1) is 8.31. The molecule has 0 unspecified atom stereocenters. The van der Waals surface area contributed by atoms with Crippen molar-refractivity contribution in [2.75, 3.05) is 31.6 Å². The number of unbranched alkanes of at least 4 members (excludes halogenated alkanes) is 2. The zero-order chi connectivity index (χ0) is 12.1.